The van der Waals surface area contributed by atoms with E-state index in [0.717, 1.165) is 41.0 Å². The Morgan fingerprint density at radius 3 is 2.41 bits per heavy atom. The van der Waals surface area contributed by atoms with E-state index >= 15 is 0 Å². The molecule has 1 aromatic carbocycles. The van der Waals surface area contributed by atoms with Crippen molar-refractivity contribution in [1.82, 2.24) is 9.78 Å². The van der Waals surface area contributed by atoms with Crippen molar-refractivity contribution in [3.63, 3.8) is 0 Å². The second-order valence-electron chi connectivity index (χ2n) is 5.25. The van der Waals surface area contributed by atoms with Crippen molar-refractivity contribution >= 4 is 11.7 Å². The molecule has 1 aromatic heterocycles. The first-order valence-electron chi connectivity index (χ1n) is 7.64. The summed E-state index contributed by atoms with van der Waals surface area (Å²) in [5, 5.41) is 16.8. The number of nitrogens with zero attached hydrogens (tertiary/aromatic N) is 2. The third-order valence-corrected chi connectivity index (χ3v) is 3.82. The van der Waals surface area contributed by atoms with Gasteiger partial charge in [0.1, 0.15) is 0 Å². The van der Waals surface area contributed by atoms with Crippen molar-refractivity contribution in [3.05, 3.63) is 46.8 Å². The number of aryl methyl sites for hydroxylation is 1. The van der Waals surface area contributed by atoms with Gasteiger partial charge < -0.3 is 10.4 Å². The molecule has 5 nitrogen and oxygen atoms in total. The summed E-state index contributed by atoms with van der Waals surface area (Å²) in [7, 11) is 1.89. The molecule has 0 saturated carbocycles. The Bertz CT molecular complexity index is 645. The third-order valence-electron chi connectivity index (χ3n) is 3.82. The van der Waals surface area contributed by atoms with Crippen LogP contribution in [0.2, 0.25) is 0 Å². The van der Waals surface area contributed by atoms with Crippen LogP contribution in [0, 0.1) is 0 Å². The maximum atomic E-state index is 11.1. The molecule has 0 aliphatic rings. The molecule has 0 spiro atoms. The van der Waals surface area contributed by atoms with Gasteiger partial charge in [0.25, 0.3) is 0 Å². The normalized spacial score (nSPS) is 10.7. The zero-order chi connectivity index (χ0) is 16.1. The number of nitrogens with one attached hydrogen (secondary N) is 1. The summed E-state index contributed by atoms with van der Waals surface area (Å²) >= 11 is 0. The highest BCUT2D eigenvalue weighted by Gasteiger charge is 2.17. The Hall–Kier alpha value is -2.30. The molecule has 5 heteroatoms. The van der Waals surface area contributed by atoms with Gasteiger partial charge in [0.15, 0.2) is 0 Å². The summed E-state index contributed by atoms with van der Waals surface area (Å²) in [5.41, 5.74) is 5.02. The van der Waals surface area contributed by atoms with Crippen LogP contribution in [0.15, 0.2) is 24.3 Å². The van der Waals surface area contributed by atoms with Crippen molar-refractivity contribution in [2.24, 2.45) is 0 Å². The Morgan fingerprint density at radius 2 is 1.91 bits per heavy atom. The smallest absolute Gasteiger partial charge is 0.307 e. The van der Waals surface area contributed by atoms with Gasteiger partial charge in [0, 0.05) is 24.0 Å². The molecule has 0 saturated heterocycles. The van der Waals surface area contributed by atoms with E-state index in [-0.39, 0.29) is 6.42 Å². The summed E-state index contributed by atoms with van der Waals surface area (Å²) in [4.78, 5) is 11.1. The fraction of sp³-hybridized carbons (Fsp3) is 0.412. The van der Waals surface area contributed by atoms with E-state index in [1.54, 1.807) is 0 Å². The minimum absolute atomic E-state index is 0.0467. The molecule has 118 valence electrons. The Balaban J connectivity index is 2.33. The lowest BCUT2D eigenvalue weighted by Crippen LogP contribution is -2.08. The van der Waals surface area contributed by atoms with Gasteiger partial charge in [-0.15, -0.1) is 0 Å². The Morgan fingerprint density at radius 1 is 1.23 bits per heavy atom. The van der Waals surface area contributed by atoms with Crippen LogP contribution in [0.1, 0.15) is 36.4 Å². The van der Waals surface area contributed by atoms with Crippen LogP contribution in [0.5, 0.6) is 0 Å². The van der Waals surface area contributed by atoms with Crippen LogP contribution in [-0.2, 0) is 30.6 Å². The zero-order valence-electron chi connectivity index (χ0n) is 13.4. The SMILES string of the molecule is CCc1nn(Cc2ccc(NC)cc2)c(CC)c1CC(=O)O. The molecule has 2 rings (SSSR count). The number of hydrogen-bond acceptors (Lipinski definition) is 3. The highest BCUT2D eigenvalue weighted by atomic mass is 16.4. The average molecular weight is 301 g/mol. The number of carboxylic acids is 1. The van der Waals surface area contributed by atoms with E-state index in [0.29, 0.717) is 6.54 Å². The van der Waals surface area contributed by atoms with E-state index < -0.39 is 5.97 Å². The van der Waals surface area contributed by atoms with Gasteiger partial charge in [0.05, 0.1) is 18.7 Å². The van der Waals surface area contributed by atoms with E-state index in [1.165, 1.54) is 0 Å². The highest BCUT2D eigenvalue weighted by Crippen LogP contribution is 2.19. The first kappa shape index (κ1) is 16.1. The van der Waals surface area contributed by atoms with Gasteiger partial charge in [-0.1, -0.05) is 26.0 Å². The minimum Gasteiger partial charge on any atom is -0.481 e. The number of carbonyl (C=O) groups is 1. The molecular weight excluding hydrogens is 278 g/mol. The van der Waals surface area contributed by atoms with Gasteiger partial charge in [-0.05, 0) is 30.5 Å². The first-order valence-corrected chi connectivity index (χ1v) is 7.64. The number of carboxylic acid groups (broad SMARTS) is 1. The lowest BCUT2D eigenvalue weighted by molar-refractivity contribution is -0.136. The average Bonchev–Trinajstić information content (AvgIpc) is 2.84. The molecule has 0 aliphatic carbocycles. The first-order chi connectivity index (χ1) is 10.6. The number of benzene rings is 1. The van der Waals surface area contributed by atoms with Crippen LogP contribution >= 0.6 is 0 Å². The standard InChI is InChI=1S/C17H23N3O2/c1-4-15-14(10-17(21)22)16(5-2)20(19-15)11-12-6-8-13(18-3)9-7-12/h6-9,18H,4-5,10-11H2,1-3H3,(H,21,22). The van der Waals surface area contributed by atoms with Crippen molar-refractivity contribution in [3.8, 4) is 0 Å². The summed E-state index contributed by atoms with van der Waals surface area (Å²) in [6, 6.07) is 8.19. The van der Waals surface area contributed by atoms with Gasteiger partial charge >= 0.3 is 5.97 Å². The van der Waals surface area contributed by atoms with E-state index in [2.05, 4.69) is 22.5 Å². The molecule has 1 heterocycles. The monoisotopic (exact) mass is 301 g/mol. The number of anilines is 1. The number of aliphatic carboxylic acids is 1. The minimum atomic E-state index is -0.803. The molecule has 0 aliphatic heterocycles. The lowest BCUT2D eigenvalue weighted by Gasteiger charge is -2.08. The molecule has 0 bridgehead atoms. The number of rotatable bonds is 7. The summed E-state index contributed by atoms with van der Waals surface area (Å²) in [5.74, 6) is -0.803. The molecule has 0 amide bonds. The van der Waals surface area contributed by atoms with Crippen molar-refractivity contribution in [1.29, 1.82) is 0 Å². The van der Waals surface area contributed by atoms with Crippen LogP contribution in [0.4, 0.5) is 5.69 Å². The fourth-order valence-corrected chi connectivity index (χ4v) is 2.70. The molecule has 0 fully saturated rings. The summed E-state index contributed by atoms with van der Waals surface area (Å²) in [6.45, 7) is 4.72. The Kier molecular flexibility index (Phi) is 5.20. The van der Waals surface area contributed by atoms with Gasteiger partial charge in [0.2, 0.25) is 0 Å². The van der Waals surface area contributed by atoms with Gasteiger partial charge in [-0.3, -0.25) is 9.48 Å². The number of aromatic nitrogens is 2. The van der Waals surface area contributed by atoms with Crippen molar-refractivity contribution in [2.75, 3.05) is 12.4 Å². The zero-order valence-corrected chi connectivity index (χ0v) is 13.4. The number of hydrogen-bond donors (Lipinski definition) is 2. The predicted octanol–water partition coefficient (Wildman–Crippen LogP) is 2.73. The Labute approximate surface area is 131 Å². The summed E-state index contributed by atoms with van der Waals surface area (Å²) < 4.78 is 1.95. The molecule has 2 aromatic rings. The van der Waals surface area contributed by atoms with Gasteiger partial charge in [-0.2, -0.15) is 5.10 Å². The highest BCUT2D eigenvalue weighted by molar-refractivity contribution is 5.71. The van der Waals surface area contributed by atoms with Crippen LogP contribution in [0.3, 0.4) is 0 Å². The van der Waals surface area contributed by atoms with Crippen molar-refractivity contribution in [2.45, 2.75) is 39.7 Å². The molecule has 22 heavy (non-hydrogen) atoms. The van der Waals surface area contributed by atoms with Gasteiger partial charge in [-0.25, -0.2) is 0 Å². The van der Waals surface area contributed by atoms with E-state index in [4.69, 9.17) is 5.11 Å². The second kappa shape index (κ2) is 7.11. The maximum absolute atomic E-state index is 11.1. The lowest BCUT2D eigenvalue weighted by atomic mass is 10.1. The molecular formula is C17H23N3O2. The van der Waals surface area contributed by atoms with Crippen LogP contribution < -0.4 is 5.32 Å². The van der Waals surface area contributed by atoms with Crippen LogP contribution in [-0.4, -0.2) is 27.9 Å². The van der Waals surface area contributed by atoms with E-state index in [9.17, 15) is 4.79 Å². The molecule has 0 radical (unpaired) electrons. The van der Waals surface area contributed by atoms with Crippen LogP contribution in [0.25, 0.3) is 0 Å². The quantitative estimate of drug-likeness (QED) is 0.825. The molecule has 0 atom stereocenters. The molecule has 0 unspecified atom stereocenters. The summed E-state index contributed by atoms with van der Waals surface area (Å²) in [6.07, 6.45) is 1.58. The largest absolute Gasteiger partial charge is 0.481 e. The van der Waals surface area contributed by atoms with Crippen molar-refractivity contribution < 1.29 is 9.90 Å². The van der Waals surface area contributed by atoms with E-state index in [1.807, 2.05) is 37.7 Å². The maximum Gasteiger partial charge on any atom is 0.307 e. The fourth-order valence-electron chi connectivity index (χ4n) is 2.70. The molecule has 2 N–H and O–H groups in total. The third kappa shape index (κ3) is 3.47. The predicted molar refractivity (Wildman–Crippen MR) is 87.4 cm³/mol. The topological polar surface area (TPSA) is 67.2 Å². The second-order valence-corrected chi connectivity index (χ2v) is 5.25.